The van der Waals surface area contributed by atoms with Crippen LogP contribution in [0, 0.1) is 16.7 Å². The molecule has 0 atom stereocenters. The van der Waals surface area contributed by atoms with Gasteiger partial charge in [-0.3, -0.25) is 0 Å². The van der Waals surface area contributed by atoms with Crippen molar-refractivity contribution in [3.05, 3.63) is 26.6 Å². The van der Waals surface area contributed by atoms with Gasteiger partial charge in [-0.2, -0.15) is 0 Å². The molecule has 1 aliphatic rings. The van der Waals surface area contributed by atoms with Gasteiger partial charge in [0.2, 0.25) is 0 Å². The predicted octanol–water partition coefficient (Wildman–Crippen LogP) is 5.38. The first-order valence-corrected chi connectivity index (χ1v) is 9.11. The average molecular weight is 419 g/mol. The largest absolute Gasteiger partial charge is 0.492 e. The summed E-state index contributed by atoms with van der Waals surface area (Å²) in [5.74, 6) is 1.68. The molecule has 0 spiro atoms. The number of hydrogen-bond donors (Lipinski definition) is 1. The molecule has 0 amide bonds. The van der Waals surface area contributed by atoms with Gasteiger partial charge in [0.15, 0.2) is 0 Å². The van der Waals surface area contributed by atoms with Crippen molar-refractivity contribution in [3.8, 4) is 5.75 Å². The molecule has 0 radical (unpaired) electrons. The van der Waals surface area contributed by atoms with E-state index in [9.17, 15) is 0 Å². The van der Waals surface area contributed by atoms with Crippen LogP contribution in [0.3, 0.4) is 0 Å². The fourth-order valence-corrected chi connectivity index (χ4v) is 4.67. The Hall–Kier alpha value is -0.0600. The second-order valence-electron chi connectivity index (χ2n) is 6.94. The summed E-state index contributed by atoms with van der Waals surface area (Å²) in [5, 5.41) is 3.61. The Morgan fingerprint density at radius 3 is 2.29 bits per heavy atom. The van der Waals surface area contributed by atoms with Crippen LogP contribution < -0.4 is 10.1 Å². The van der Waals surface area contributed by atoms with Gasteiger partial charge in [-0.05, 0) is 58.3 Å². The van der Waals surface area contributed by atoms with Gasteiger partial charge in [0.1, 0.15) is 5.75 Å². The summed E-state index contributed by atoms with van der Waals surface area (Å²) in [5.41, 5.74) is 2.05. The number of ether oxygens (including phenoxy) is 1. The van der Waals surface area contributed by atoms with Crippen LogP contribution in [-0.4, -0.2) is 13.2 Å². The molecule has 118 valence electrons. The lowest BCUT2D eigenvalue weighted by molar-refractivity contribution is 0.333. The number of rotatable bonds is 6. The minimum Gasteiger partial charge on any atom is -0.492 e. The minimum absolute atomic E-state index is 0.431. The molecule has 1 saturated carbocycles. The van der Waals surface area contributed by atoms with Crippen LogP contribution in [0.25, 0.3) is 0 Å². The summed E-state index contributed by atoms with van der Waals surface area (Å²) in [7, 11) is 0. The van der Waals surface area contributed by atoms with Gasteiger partial charge in [-0.15, -0.1) is 0 Å². The molecule has 0 heterocycles. The Labute approximate surface area is 145 Å². The Balaban J connectivity index is 2.01. The van der Waals surface area contributed by atoms with E-state index in [1.54, 1.807) is 0 Å². The van der Waals surface area contributed by atoms with E-state index in [2.05, 4.69) is 70.9 Å². The van der Waals surface area contributed by atoms with Crippen LogP contribution >= 0.6 is 31.9 Å². The molecule has 1 fully saturated rings. The van der Waals surface area contributed by atoms with Crippen molar-refractivity contribution in [1.82, 2.24) is 5.32 Å². The molecule has 1 N–H and O–H groups in total. The van der Waals surface area contributed by atoms with Crippen molar-refractivity contribution in [2.45, 2.75) is 41.2 Å². The maximum absolute atomic E-state index is 5.77. The second-order valence-corrected chi connectivity index (χ2v) is 8.71. The fraction of sp³-hybridized carbons (Fsp3) is 0.647. The Morgan fingerprint density at radius 2 is 1.76 bits per heavy atom. The summed E-state index contributed by atoms with van der Waals surface area (Å²) in [6.45, 7) is 14.0. The topological polar surface area (TPSA) is 21.3 Å². The first-order valence-electron chi connectivity index (χ1n) is 7.53. The van der Waals surface area contributed by atoms with Crippen molar-refractivity contribution in [3.63, 3.8) is 0 Å². The minimum atomic E-state index is 0.431. The SMILES string of the molecule is CCOc1c(Br)cc(Br)cc1CNCC1C(C)(C)C1(C)C. The zero-order valence-corrected chi connectivity index (χ0v) is 16.7. The average Bonchev–Trinajstić information content (AvgIpc) is 2.75. The maximum atomic E-state index is 5.77. The molecule has 21 heavy (non-hydrogen) atoms. The highest BCUT2D eigenvalue weighted by Gasteiger charge is 2.63. The standard InChI is InChI=1S/C17H25Br2NO/c1-6-21-15-11(7-12(18)8-13(15)19)9-20-10-14-16(2,3)17(14,4)5/h7-8,14,20H,6,9-10H2,1-5H3. The lowest BCUT2D eigenvalue weighted by atomic mass is 10.0. The van der Waals surface area contributed by atoms with Crippen LogP contribution in [-0.2, 0) is 6.54 Å². The summed E-state index contributed by atoms with van der Waals surface area (Å²) in [6.07, 6.45) is 0. The van der Waals surface area contributed by atoms with Gasteiger partial charge in [-0.1, -0.05) is 43.6 Å². The Bertz CT molecular complexity index is 512. The summed E-state index contributed by atoms with van der Waals surface area (Å²) >= 11 is 7.14. The van der Waals surface area contributed by atoms with E-state index in [0.717, 1.165) is 33.7 Å². The van der Waals surface area contributed by atoms with Crippen molar-refractivity contribution in [1.29, 1.82) is 0 Å². The van der Waals surface area contributed by atoms with E-state index in [-0.39, 0.29) is 0 Å². The molecule has 0 saturated heterocycles. The predicted molar refractivity (Wildman–Crippen MR) is 95.8 cm³/mol. The van der Waals surface area contributed by atoms with Crippen LogP contribution in [0.1, 0.15) is 40.2 Å². The van der Waals surface area contributed by atoms with Crippen LogP contribution in [0.15, 0.2) is 21.1 Å². The zero-order chi connectivity index (χ0) is 15.8. The van der Waals surface area contributed by atoms with E-state index >= 15 is 0 Å². The first-order chi connectivity index (χ1) is 9.71. The number of benzene rings is 1. The molecule has 4 heteroatoms. The van der Waals surface area contributed by atoms with Crippen molar-refractivity contribution >= 4 is 31.9 Å². The Kier molecular flexibility index (Phi) is 5.11. The summed E-state index contributed by atoms with van der Waals surface area (Å²) in [4.78, 5) is 0. The molecular formula is C17H25Br2NO. The van der Waals surface area contributed by atoms with E-state index in [0.29, 0.717) is 17.4 Å². The van der Waals surface area contributed by atoms with Crippen LogP contribution in [0.5, 0.6) is 5.75 Å². The third-order valence-corrected chi connectivity index (χ3v) is 6.40. The monoisotopic (exact) mass is 417 g/mol. The normalized spacial score (nSPS) is 19.6. The lowest BCUT2D eigenvalue weighted by Crippen LogP contribution is -2.19. The lowest BCUT2D eigenvalue weighted by Gasteiger charge is -2.14. The third kappa shape index (κ3) is 3.32. The van der Waals surface area contributed by atoms with Crippen molar-refractivity contribution in [2.75, 3.05) is 13.2 Å². The smallest absolute Gasteiger partial charge is 0.138 e. The molecule has 2 nitrogen and oxygen atoms in total. The van der Waals surface area contributed by atoms with Gasteiger partial charge in [0.05, 0.1) is 11.1 Å². The number of halogens is 2. The van der Waals surface area contributed by atoms with Crippen molar-refractivity contribution in [2.24, 2.45) is 16.7 Å². The van der Waals surface area contributed by atoms with Crippen LogP contribution in [0.4, 0.5) is 0 Å². The highest BCUT2D eigenvalue weighted by Crippen LogP contribution is 2.67. The molecule has 0 bridgehead atoms. The highest BCUT2D eigenvalue weighted by atomic mass is 79.9. The molecule has 1 aromatic carbocycles. The van der Waals surface area contributed by atoms with E-state index < -0.39 is 0 Å². The van der Waals surface area contributed by atoms with E-state index in [4.69, 9.17) is 4.74 Å². The number of hydrogen-bond acceptors (Lipinski definition) is 2. The van der Waals surface area contributed by atoms with Gasteiger partial charge < -0.3 is 10.1 Å². The second kappa shape index (κ2) is 6.21. The molecule has 1 aliphatic carbocycles. The maximum Gasteiger partial charge on any atom is 0.138 e. The molecular weight excluding hydrogens is 394 g/mol. The van der Waals surface area contributed by atoms with E-state index in [1.165, 1.54) is 5.56 Å². The first kappa shape index (κ1) is 17.3. The molecule has 0 unspecified atom stereocenters. The third-order valence-electron chi connectivity index (χ3n) is 5.36. The summed E-state index contributed by atoms with van der Waals surface area (Å²) < 4.78 is 7.84. The fourth-order valence-electron chi connectivity index (χ4n) is 3.25. The number of nitrogens with one attached hydrogen (secondary N) is 1. The van der Waals surface area contributed by atoms with Gasteiger partial charge in [-0.25, -0.2) is 0 Å². The highest BCUT2D eigenvalue weighted by molar-refractivity contribution is 9.11. The molecule has 2 rings (SSSR count). The van der Waals surface area contributed by atoms with Crippen molar-refractivity contribution < 1.29 is 4.74 Å². The molecule has 0 aromatic heterocycles. The van der Waals surface area contributed by atoms with E-state index in [1.807, 2.05) is 13.0 Å². The molecule has 0 aliphatic heterocycles. The quantitative estimate of drug-likeness (QED) is 0.669. The Morgan fingerprint density at radius 1 is 1.14 bits per heavy atom. The molecule has 1 aromatic rings. The van der Waals surface area contributed by atoms with Crippen LogP contribution in [0.2, 0.25) is 0 Å². The van der Waals surface area contributed by atoms with Gasteiger partial charge in [0.25, 0.3) is 0 Å². The summed E-state index contributed by atoms with van der Waals surface area (Å²) in [6, 6.07) is 4.16. The van der Waals surface area contributed by atoms with Gasteiger partial charge >= 0.3 is 0 Å². The van der Waals surface area contributed by atoms with Gasteiger partial charge in [0, 0.05) is 16.6 Å². The zero-order valence-electron chi connectivity index (χ0n) is 13.5.